The number of nitriles is 1. The number of aromatic hydroxyl groups is 1. The molecule has 4 rings (SSSR count). The minimum absolute atomic E-state index is 0.236. The molecule has 0 saturated carbocycles. The first-order valence-electron chi connectivity index (χ1n) is 10.8. The second kappa shape index (κ2) is 10.7. The van der Waals surface area contributed by atoms with Gasteiger partial charge in [0.05, 0.1) is 29.6 Å². The fraction of sp³-hybridized carbons (Fsp3) is 0.111. The van der Waals surface area contributed by atoms with E-state index < -0.39 is 0 Å². The van der Waals surface area contributed by atoms with Crippen LogP contribution in [0.5, 0.6) is 5.75 Å². The molecule has 7 nitrogen and oxygen atoms in total. The maximum Gasteiger partial charge on any atom is 0.214 e. The molecule has 1 amide bonds. The highest BCUT2D eigenvalue weighted by molar-refractivity contribution is 5.83. The molecule has 0 aliphatic rings. The molecule has 0 spiro atoms. The highest BCUT2D eigenvalue weighted by Crippen LogP contribution is 2.30. The van der Waals surface area contributed by atoms with Crippen LogP contribution in [0.25, 0.3) is 11.3 Å². The Morgan fingerprint density at radius 2 is 1.85 bits per heavy atom. The van der Waals surface area contributed by atoms with E-state index in [0.717, 1.165) is 17.5 Å². The Hall–Kier alpha value is -4.70. The molecule has 0 atom stereocenters. The zero-order chi connectivity index (χ0) is 23.8. The van der Waals surface area contributed by atoms with Gasteiger partial charge in [0.15, 0.2) is 5.82 Å². The summed E-state index contributed by atoms with van der Waals surface area (Å²) in [7, 11) is 0. The third-order valence-corrected chi connectivity index (χ3v) is 5.39. The van der Waals surface area contributed by atoms with E-state index in [1.807, 2.05) is 48.5 Å². The highest BCUT2D eigenvalue weighted by Gasteiger charge is 2.16. The van der Waals surface area contributed by atoms with Gasteiger partial charge >= 0.3 is 0 Å². The Morgan fingerprint density at radius 3 is 2.62 bits per heavy atom. The predicted molar refractivity (Wildman–Crippen MR) is 131 cm³/mol. The van der Waals surface area contributed by atoms with Crippen LogP contribution in [0.1, 0.15) is 16.7 Å². The first-order chi connectivity index (χ1) is 16.7. The van der Waals surface area contributed by atoms with Gasteiger partial charge in [-0.25, -0.2) is 4.98 Å². The summed E-state index contributed by atoms with van der Waals surface area (Å²) < 4.78 is 0. The number of para-hydroxylation sites is 1. The largest absolute Gasteiger partial charge is 0.508 e. The summed E-state index contributed by atoms with van der Waals surface area (Å²) in [4.78, 5) is 22.5. The summed E-state index contributed by atoms with van der Waals surface area (Å²) in [6.45, 7) is 0.821. The number of nitrogens with one attached hydrogen (secondary N) is 1. The number of carbonyl (C=O) groups excluding carboxylic acids is 1. The number of carbonyl (C=O) groups is 1. The lowest BCUT2D eigenvalue weighted by atomic mass is 10.0. The van der Waals surface area contributed by atoms with Crippen LogP contribution in [0.3, 0.4) is 0 Å². The second-order valence-corrected chi connectivity index (χ2v) is 7.62. The summed E-state index contributed by atoms with van der Waals surface area (Å²) >= 11 is 0. The molecule has 34 heavy (non-hydrogen) atoms. The van der Waals surface area contributed by atoms with Crippen molar-refractivity contribution in [2.75, 3.05) is 16.8 Å². The van der Waals surface area contributed by atoms with Crippen LogP contribution in [0.15, 0.2) is 85.2 Å². The van der Waals surface area contributed by atoms with Crippen LogP contribution >= 0.6 is 0 Å². The van der Waals surface area contributed by atoms with Crippen molar-refractivity contribution < 1.29 is 9.90 Å². The van der Waals surface area contributed by atoms with E-state index in [1.54, 1.807) is 41.6 Å². The average molecular weight is 450 g/mol. The summed E-state index contributed by atoms with van der Waals surface area (Å²) in [5.74, 6) is 0.747. The van der Waals surface area contributed by atoms with Gasteiger partial charge in [0.1, 0.15) is 5.75 Å². The highest BCUT2D eigenvalue weighted by atomic mass is 16.3. The van der Waals surface area contributed by atoms with Gasteiger partial charge in [-0.2, -0.15) is 5.26 Å². The number of amides is 1. The molecule has 2 aromatic carbocycles. The standard InChI is InChI=1S/C27H23N5O2/c28-16-22-8-1-3-9-23(22)24-11-12-25(32(19-33)18-20-6-5-14-29-17-20)27(31-24)30-15-13-21-7-2-4-10-26(21)34/h1-12,14,17,19,34H,13,15,18H2,(H,30,31). The quantitative estimate of drug-likeness (QED) is 0.364. The number of nitrogens with zero attached hydrogens (tertiary/aromatic N) is 4. The van der Waals surface area contributed by atoms with Gasteiger partial charge in [0, 0.05) is 24.5 Å². The smallest absolute Gasteiger partial charge is 0.214 e. The van der Waals surface area contributed by atoms with Crippen LogP contribution in [0.2, 0.25) is 0 Å². The van der Waals surface area contributed by atoms with E-state index in [1.165, 1.54) is 0 Å². The second-order valence-electron chi connectivity index (χ2n) is 7.62. The van der Waals surface area contributed by atoms with Gasteiger partial charge in [-0.15, -0.1) is 0 Å². The number of benzene rings is 2. The monoisotopic (exact) mass is 449 g/mol. The van der Waals surface area contributed by atoms with Crippen molar-refractivity contribution in [3.8, 4) is 23.1 Å². The molecule has 0 bridgehead atoms. The van der Waals surface area contributed by atoms with Gasteiger partial charge < -0.3 is 15.3 Å². The van der Waals surface area contributed by atoms with Crippen LogP contribution in [0, 0.1) is 11.3 Å². The molecule has 2 aromatic heterocycles. The van der Waals surface area contributed by atoms with Crippen LogP contribution in [-0.4, -0.2) is 28.0 Å². The van der Waals surface area contributed by atoms with Crippen molar-refractivity contribution in [3.05, 3.63) is 102 Å². The molecule has 2 heterocycles. The Morgan fingerprint density at radius 1 is 1.03 bits per heavy atom. The number of phenolic OH excluding ortho intramolecular Hbond substituents is 1. The summed E-state index contributed by atoms with van der Waals surface area (Å²) in [6.07, 6.45) is 4.73. The normalized spacial score (nSPS) is 10.3. The van der Waals surface area contributed by atoms with Crippen molar-refractivity contribution in [2.45, 2.75) is 13.0 Å². The van der Waals surface area contributed by atoms with Gasteiger partial charge in [-0.05, 0) is 47.9 Å². The van der Waals surface area contributed by atoms with Gasteiger partial charge in [-0.1, -0.05) is 42.5 Å². The Balaban J connectivity index is 1.67. The van der Waals surface area contributed by atoms with E-state index in [4.69, 9.17) is 4.98 Å². The molecule has 2 N–H and O–H groups in total. The lowest BCUT2D eigenvalue weighted by molar-refractivity contribution is -0.107. The molecule has 0 aliphatic heterocycles. The first-order valence-corrected chi connectivity index (χ1v) is 10.8. The minimum atomic E-state index is 0.236. The lowest BCUT2D eigenvalue weighted by Crippen LogP contribution is -2.23. The molecule has 0 radical (unpaired) electrons. The third kappa shape index (κ3) is 5.19. The minimum Gasteiger partial charge on any atom is -0.508 e. The van der Waals surface area contributed by atoms with Gasteiger partial charge in [0.2, 0.25) is 6.41 Å². The van der Waals surface area contributed by atoms with Crippen molar-refractivity contribution in [1.82, 2.24) is 9.97 Å². The topological polar surface area (TPSA) is 102 Å². The van der Waals surface area contributed by atoms with Crippen LogP contribution in [0.4, 0.5) is 11.5 Å². The molecule has 0 unspecified atom stereocenters. The van der Waals surface area contributed by atoms with E-state index in [-0.39, 0.29) is 5.75 Å². The van der Waals surface area contributed by atoms with Crippen molar-refractivity contribution in [2.24, 2.45) is 0 Å². The molecule has 168 valence electrons. The Bertz CT molecular complexity index is 1320. The van der Waals surface area contributed by atoms with Gasteiger partial charge in [-0.3, -0.25) is 9.78 Å². The lowest BCUT2D eigenvalue weighted by Gasteiger charge is -2.22. The average Bonchev–Trinajstić information content (AvgIpc) is 2.89. The molecular weight excluding hydrogens is 426 g/mol. The number of aromatic nitrogens is 2. The zero-order valence-corrected chi connectivity index (χ0v) is 18.4. The predicted octanol–water partition coefficient (Wildman–Crippen LogP) is 4.54. The Labute approximate surface area is 198 Å². The SMILES string of the molecule is N#Cc1ccccc1-c1ccc(N(C=O)Cc2cccnc2)c(NCCc2ccccc2O)n1. The molecule has 0 fully saturated rings. The fourth-order valence-corrected chi connectivity index (χ4v) is 3.67. The molecule has 0 saturated heterocycles. The molecular formula is C27H23N5O2. The van der Waals surface area contributed by atoms with E-state index in [0.29, 0.717) is 47.8 Å². The maximum absolute atomic E-state index is 12.0. The van der Waals surface area contributed by atoms with E-state index in [9.17, 15) is 15.2 Å². The summed E-state index contributed by atoms with van der Waals surface area (Å²) in [5.41, 5.74) is 4.15. The van der Waals surface area contributed by atoms with Crippen LogP contribution in [-0.2, 0) is 17.8 Å². The number of phenols is 1. The summed E-state index contributed by atoms with van der Waals surface area (Å²) in [6, 6.07) is 24.0. The van der Waals surface area contributed by atoms with Crippen molar-refractivity contribution >= 4 is 17.9 Å². The molecule has 7 heteroatoms. The summed E-state index contributed by atoms with van der Waals surface area (Å²) in [5, 5.41) is 22.9. The first kappa shape index (κ1) is 22.5. The van der Waals surface area contributed by atoms with E-state index in [2.05, 4.69) is 16.4 Å². The van der Waals surface area contributed by atoms with Gasteiger partial charge in [0.25, 0.3) is 0 Å². The number of pyridine rings is 2. The third-order valence-electron chi connectivity index (χ3n) is 5.39. The van der Waals surface area contributed by atoms with E-state index >= 15 is 0 Å². The number of rotatable bonds is 9. The number of anilines is 2. The van der Waals surface area contributed by atoms with Crippen molar-refractivity contribution in [1.29, 1.82) is 5.26 Å². The maximum atomic E-state index is 12.0. The number of hydrogen-bond donors (Lipinski definition) is 2. The fourth-order valence-electron chi connectivity index (χ4n) is 3.67. The van der Waals surface area contributed by atoms with Crippen molar-refractivity contribution in [3.63, 3.8) is 0 Å². The van der Waals surface area contributed by atoms with Crippen LogP contribution < -0.4 is 10.2 Å². The molecule has 4 aromatic rings. The molecule has 0 aliphatic carbocycles. The zero-order valence-electron chi connectivity index (χ0n) is 18.4. The number of hydrogen-bond acceptors (Lipinski definition) is 6. The Kier molecular flexibility index (Phi) is 7.11.